The molecular weight excluding hydrogens is 305 g/mol. The van der Waals surface area contributed by atoms with E-state index in [-0.39, 0.29) is 5.82 Å². The highest BCUT2D eigenvalue weighted by Crippen LogP contribution is 2.28. The van der Waals surface area contributed by atoms with E-state index in [1.807, 2.05) is 6.07 Å². The molecule has 1 aromatic rings. The van der Waals surface area contributed by atoms with E-state index in [0.29, 0.717) is 6.04 Å². The minimum absolute atomic E-state index is 0.150. The molecule has 106 valence electrons. The van der Waals surface area contributed by atoms with Gasteiger partial charge in [0.2, 0.25) is 0 Å². The Bertz CT molecular complexity index is 381. The van der Waals surface area contributed by atoms with Crippen LogP contribution in [0, 0.1) is 11.7 Å². The number of hydrogen-bond acceptors (Lipinski definition) is 1. The maximum absolute atomic E-state index is 13.5. The van der Waals surface area contributed by atoms with Crippen molar-refractivity contribution in [1.29, 1.82) is 0 Å². The predicted octanol–water partition coefficient (Wildman–Crippen LogP) is 4.69. The van der Waals surface area contributed by atoms with Crippen molar-refractivity contribution in [2.75, 3.05) is 6.54 Å². The quantitative estimate of drug-likeness (QED) is 0.827. The van der Waals surface area contributed by atoms with E-state index in [2.05, 4.69) is 28.2 Å². The fourth-order valence-electron chi connectivity index (χ4n) is 3.19. The van der Waals surface area contributed by atoms with Gasteiger partial charge in [0.15, 0.2) is 0 Å². The Morgan fingerprint density at radius 2 is 2.00 bits per heavy atom. The number of nitrogens with one attached hydrogen (secondary N) is 1. The summed E-state index contributed by atoms with van der Waals surface area (Å²) in [5.41, 5.74) is 1.09. The summed E-state index contributed by atoms with van der Waals surface area (Å²) >= 11 is 3.38. The summed E-state index contributed by atoms with van der Waals surface area (Å²) < 4.78 is 14.3. The lowest BCUT2D eigenvalue weighted by atomic mass is 9.81. The van der Waals surface area contributed by atoms with Gasteiger partial charge in [-0.25, -0.2) is 4.39 Å². The third-order valence-corrected chi connectivity index (χ3v) is 4.52. The molecule has 1 aliphatic rings. The largest absolute Gasteiger partial charge is 0.314 e. The molecule has 1 fully saturated rings. The zero-order valence-electron chi connectivity index (χ0n) is 11.6. The van der Waals surface area contributed by atoms with Crippen LogP contribution in [-0.4, -0.2) is 12.6 Å². The van der Waals surface area contributed by atoms with E-state index in [1.54, 1.807) is 6.07 Å². The van der Waals surface area contributed by atoms with Crippen LogP contribution in [-0.2, 0) is 6.42 Å². The Morgan fingerprint density at radius 1 is 1.26 bits per heavy atom. The summed E-state index contributed by atoms with van der Waals surface area (Å²) in [6.45, 7) is 3.13. The Kier molecular flexibility index (Phi) is 5.83. The van der Waals surface area contributed by atoms with Crippen LogP contribution < -0.4 is 5.32 Å². The summed E-state index contributed by atoms with van der Waals surface area (Å²) in [5, 5.41) is 3.60. The van der Waals surface area contributed by atoms with Crippen molar-refractivity contribution in [3.63, 3.8) is 0 Å². The number of benzene rings is 1. The van der Waals surface area contributed by atoms with Crippen molar-refractivity contribution in [2.24, 2.45) is 5.92 Å². The van der Waals surface area contributed by atoms with Gasteiger partial charge in [-0.1, -0.05) is 42.1 Å². The van der Waals surface area contributed by atoms with Gasteiger partial charge < -0.3 is 5.32 Å². The van der Waals surface area contributed by atoms with Crippen molar-refractivity contribution in [3.8, 4) is 0 Å². The lowest BCUT2D eigenvalue weighted by molar-refractivity contribution is 0.269. The van der Waals surface area contributed by atoms with Crippen LogP contribution in [0.3, 0.4) is 0 Å². The molecule has 1 atom stereocenters. The van der Waals surface area contributed by atoms with Gasteiger partial charge in [0.05, 0.1) is 0 Å². The lowest BCUT2D eigenvalue weighted by Gasteiger charge is -2.31. The first-order chi connectivity index (χ1) is 9.19. The SMILES string of the molecule is CCNC(Cc1cc(F)cc(Br)c1)C1CCCCC1. The van der Waals surface area contributed by atoms with E-state index in [0.717, 1.165) is 28.9 Å². The normalized spacial score (nSPS) is 18.5. The summed E-state index contributed by atoms with van der Waals surface area (Å²) in [5.74, 6) is 0.596. The third kappa shape index (κ3) is 4.57. The number of likely N-dealkylation sites (N-methyl/N-ethyl adjacent to an activating group) is 1. The first-order valence-electron chi connectivity index (χ1n) is 7.37. The second-order valence-electron chi connectivity index (χ2n) is 5.54. The molecule has 1 unspecified atom stereocenters. The van der Waals surface area contributed by atoms with Gasteiger partial charge in [-0.2, -0.15) is 0 Å². The molecule has 19 heavy (non-hydrogen) atoms. The molecule has 1 nitrogen and oxygen atoms in total. The van der Waals surface area contributed by atoms with Crippen molar-refractivity contribution in [1.82, 2.24) is 5.32 Å². The highest BCUT2D eigenvalue weighted by atomic mass is 79.9. The molecular formula is C16H23BrFN. The maximum Gasteiger partial charge on any atom is 0.124 e. The molecule has 1 aliphatic carbocycles. The predicted molar refractivity (Wildman–Crippen MR) is 81.8 cm³/mol. The number of halogens is 2. The molecule has 2 rings (SSSR count). The highest BCUT2D eigenvalue weighted by molar-refractivity contribution is 9.10. The van der Waals surface area contributed by atoms with Crippen LogP contribution in [0.5, 0.6) is 0 Å². The highest BCUT2D eigenvalue weighted by Gasteiger charge is 2.23. The molecule has 1 N–H and O–H groups in total. The molecule has 0 aromatic heterocycles. The molecule has 0 amide bonds. The van der Waals surface area contributed by atoms with Gasteiger partial charge in [0, 0.05) is 10.5 Å². The zero-order valence-corrected chi connectivity index (χ0v) is 13.2. The van der Waals surface area contributed by atoms with Crippen molar-refractivity contribution < 1.29 is 4.39 Å². The minimum atomic E-state index is -0.150. The molecule has 0 bridgehead atoms. The average Bonchev–Trinajstić information content (AvgIpc) is 2.38. The molecule has 0 saturated heterocycles. The van der Waals surface area contributed by atoms with E-state index in [4.69, 9.17) is 0 Å². The van der Waals surface area contributed by atoms with Crippen LogP contribution >= 0.6 is 15.9 Å². The van der Waals surface area contributed by atoms with Gasteiger partial charge >= 0.3 is 0 Å². The average molecular weight is 328 g/mol. The van der Waals surface area contributed by atoms with Crippen molar-refractivity contribution >= 4 is 15.9 Å². The first-order valence-corrected chi connectivity index (χ1v) is 8.16. The summed E-state index contributed by atoms with van der Waals surface area (Å²) in [6.07, 6.45) is 7.62. The summed E-state index contributed by atoms with van der Waals surface area (Å²) in [4.78, 5) is 0. The van der Waals surface area contributed by atoms with Gasteiger partial charge in [-0.15, -0.1) is 0 Å². The topological polar surface area (TPSA) is 12.0 Å². The molecule has 3 heteroatoms. The van der Waals surface area contributed by atoms with E-state index < -0.39 is 0 Å². The van der Waals surface area contributed by atoms with E-state index in [9.17, 15) is 4.39 Å². The maximum atomic E-state index is 13.5. The van der Waals surface area contributed by atoms with Gasteiger partial charge in [0.1, 0.15) is 5.82 Å². The second kappa shape index (κ2) is 7.39. The molecule has 0 heterocycles. The Labute approximate surface area is 124 Å². The van der Waals surface area contributed by atoms with Gasteiger partial charge in [0.25, 0.3) is 0 Å². The first kappa shape index (κ1) is 15.0. The summed E-state index contributed by atoms with van der Waals surface area (Å²) in [7, 11) is 0. The van der Waals surface area contributed by atoms with E-state index in [1.165, 1.54) is 38.2 Å². The monoisotopic (exact) mass is 327 g/mol. The van der Waals surface area contributed by atoms with Crippen molar-refractivity contribution in [2.45, 2.75) is 51.5 Å². The van der Waals surface area contributed by atoms with Crippen LogP contribution in [0.25, 0.3) is 0 Å². The third-order valence-electron chi connectivity index (χ3n) is 4.06. The van der Waals surface area contributed by atoms with Crippen LogP contribution in [0.2, 0.25) is 0 Å². The standard InChI is InChI=1S/C16H23BrFN/c1-2-19-16(13-6-4-3-5-7-13)10-12-8-14(17)11-15(18)9-12/h8-9,11,13,16,19H,2-7,10H2,1H3. The molecule has 1 aromatic carbocycles. The Morgan fingerprint density at radius 3 is 2.63 bits per heavy atom. The second-order valence-corrected chi connectivity index (χ2v) is 6.46. The minimum Gasteiger partial charge on any atom is -0.314 e. The van der Waals surface area contributed by atoms with Crippen molar-refractivity contribution in [3.05, 3.63) is 34.1 Å². The van der Waals surface area contributed by atoms with Gasteiger partial charge in [-0.3, -0.25) is 0 Å². The Hall–Kier alpha value is -0.410. The molecule has 0 spiro atoms. The van der Waals surface area contributed by atoms with Crippen LogP contribution in [0.1, 0.15) is 44.6 Å². The van der Waals surface area contributed by atoms with Crippen LogP contribution in [0.15, 0.2) is 22.7 Å². The molecule has 1 saturated carbocycles. The van der Waals surface area contributed by atoms with Gasteiger partial charge in [-0.05, 0) is 55.5 Å². The number of hydrogen-bond donors (Lipinski definition) is 1. The smallest absolute Gasteiger partial charge is 0.124 e. The fourth-order valence-corrected chi connectivity index (χ4v) is 3.70. The summed E-state index contributed by atoms with van der Waals surface area (Å²) in [6, 6.07) is 5.71. The molecule has 0 aliphatic heterocycles. The zero-order chi connectivity index (χ0) is 13.7. The number of rotatable bonds is 5. The lowest BCUT2D eigenvalue weighted by Crippen LogP contribution is -2.39. The van der Waals surface area contributed by atoms with E-state index >= 15 is 0 Å². The molecule has 0 radical (unpaired) electrons. The Balaban J connectivity index is 2.06. The van der Waals surface area contributed by atoms with Crippen LogP contribution in [0.4, 0.5) is 4.39 Å². The fraction of sp³-hybridized carbons (Fsp3) is 0.625.